The Balaban J connectivity index is 0.000000319. The Hall–Kier alpha value is -3.53. The summed E-state index contributed by atoms with van der Waals surface area (Å²) in [5, 5.41) is 9.72. The minimum absolute atomic E-state index is 0.0107. The zero-order valence-corrected chi connectivity index (χ0v) is 46.9. The number of nitrogens with one attached hydrogen (secondary N) is 2. The molecule has 422 valence electrons. The van der Waals surface area contributed by atoms with Crippen LogP contribution in [0.2, 0.25) is 0 Å². The van der Waals surface area contributed by atoms with E-state index in [0.29, 0.717) is 67.6 Å². The summed E-state index contributed by atoms with van der Waals surface area (Å²) in [6, 6.07) is 0. The van der Waals surface area contributed by atoms with Crippen LogP contribution in [-0.2, 0) is 63.1 Å². The molecule has 0 heterocycles. The molecule has 15 unspecified atom stereocenters. The van der Waals surface area contributed by atoms with Gasteiger partial charge in [0, 0.05) is 30.1 Å². The largest absolute Gasteiger partial charge is 0.516 e. The van der Waals surface area contributed by atoms with Crippen molar-refractivity contribution in [2.75, 3.05) is 19.5 Å². The highest BCUT2D eigenvalue weighted by Crippen LogP contribution is 2.56. The minimum atomic E-state index is -5.58. The molecule has 0 spiro atoms. The molecule has 0 aromatic carbocycles. The maximum Gasteiger partial charge on any atom is 0.516 e. The highest BCUT2D eigenvalue weighted by Gasteiger charge is 2.55. The van der Waals surface area contributed by atoms with Crippen molar-refractivity contribution in [3.63, 3.8) is 0 Å². The van der Waals surface area contributed by atoms with Crippen LogP contribution in [0, 0.1) is 82.3 Å². The van der Waals surface area contributed by atoms with Gasteiger partial charge in [-0.25, -0.2) is 17.5 Å². The number of halogens is 4. The molecular formula is C51H84F4N2O14S2. The molecule has 73 heavy (non-hydrogen) atoms. The molecule has 6 rings (SSSR count). The second-order valence-electron chi connectivity index (χ2n) is 22.6. The van der Waals surface area contributed by atoms with Gasteiger partial charge in [0.1, 0.15) is 42.7 Å². The third kappa shape index (κ3) is 18.0. The lowest BCUT2D eigenvalue weighted by Gasteiger charge is -2.30. The lowest BCUT2D eigenvalue weighted by atomic mass is 9.75. The van der Waals surface area contributed by atoms with E-state index in [9.17, 15) is 73.1 Å². The smallest absolute Gasteiger partial charge is 0.462 e. The summed E-state index contributed by atoms with van der Waals surface area (Å²) in [6.07, 6.45) is 7.16. The molecule has 3 N–H and O–H groups in total. The Labute approximate surface area is 430 Å². The summed E-state index contributed by atoms with van der Waals surface area (Å²) in [6.45, 7) is 24.5. The number of ether oxygens (including phenoxy) is 2. The highest BCUT2D eigenvalue weighted by molar-refractivity contribution is 7.90. The summed E-state index contributed by atoms with van der Waals surface area (Å²) < 4.78 is 107. The van der Waals surface area contributed by atoms with Gasteiger partial charge in [0.05, 0.1) is 23.7 Å². The maximum atomic E-state index is 14.0. The SMILES string of the molecule is CC1C(=O)CC(=O)C1C.CC1C2CC(C(=O)NS(=O)(=O)C(F)(F)F)C(C2)C1C.CC1C2CC(C(=O)NS(C)(=O)=O)C(C2)C1C.CCC(C)(C)C(=O)OCCOC(=O)CC(C)=O.CCC1CC(C)(O)CC1(F)CC. The van der Waals surface area contributed by atoms with Gasteiger partial charge in [0.15, 0.2) is 0 Å². The molecule has 6 aliphatic carbocycles. The second kappa shape index (κ2) is 26.0. The van der Waals surface area contributed by atoms with E-state index in [-0.39, 0.29) is 90.8 Å². The molecular weight excluding hydrogens is 1000 g/mol. The van der Waals surface area contributed by atoms with E-state index in [2.05, 4.69) is 25.5 Å². The zero-order valence-electron chi connectivity index (χ0n) is 45.3. The van der Waals surface area contributed by atoms with Gasteiger partial charge >= 0.3 is 27.5 Å². The number of rotatable bonds is 13. The summed E-state index contributed by atoms with van der Waals surface area (Å²) in [4.78, 5) is 78.2. The average molecular weight is 1090 g/mol. The van der Waals surface area contributed by atoms with Gasteiger partial charge in [-0.15, -0.1) is 0 Å². The van der Waals surface area contributed by atoms with Crippen LogP contribution in [0.5, 0.6) is 0 Å². The number of amides is 2. The number of fused-ring (bicyclic) bond motifs is 4. The van der Waals surface area contributed by atoms with Crippen LogP contribution in [-0.4, -0.2) is 99.3 Å². The van der Waals surface area contributed by atoms with Crippen molar-refractivity contribution in [1.82, 2.24) is 9.44 Å². The van der Waals surface area contributed by atoms with Crippen LogP contribution in [0.4, 0.5) is 17.6 Å². The van der Waals surface area contributed by atoms with Crippen molar-refractivity contribution < 1.29 is 82.5 Å². The first-order chi connectivity index (χ1) is 33.2. The predicted molar refractivity (Wildman–Crippen MR) is 264 cm³/mol. The normalized spacial score (nSPS) is 34.2. The van der Waals surface area contributed by atoms with Crippen molar-refractivity contribution in [3.8, 4) is 0 Å². The molecule has 0 aromatic heterocycles. The Morgan fingerprint density at radius 2 is 1.18 bits per heavy atom. The molecule has 2 amide bonds. The Morgan fingerprint density at radius 1 is 0.740 bits per heavy atom. The minimum Gasteiger partial charge on any atom is -0.462 e. The standard InChI is InChI=1S/C12H20O5.C11H16F3NO3S.C11H19NO3S.C10H19FO.C7H10O2/c1-5-12(3,4)11(15)17-7-6-16-10(14)8-9(2)13;1-5-6(2)8-3-7(5)4-9(8)10(16)15-19(17,18)11(12,13)14;1-6-7(2)9-4-8(6)5-10(9)11(13)12-16(3,14)15;1-4-8-6-9(3,12)7-10(8,11)5-2;1-4-5(2)7(9)3-6(4)8/h5-8H2,1-4H3;5-9H,3-4H2,1-2H3,(H,15,16);6-10H,4-5H2,1-3H3,(H,12,13);8,12H,4-7H2,1-3H3;4-5H,3H2,1-2H3. The quantitative estimate of drug-likeness (QED) is 0.0688. The number of hydrogen-bond donors (Lipinski definition) is 3. The van der Waals surface area contributed by atoms with E-state index in [4.69, 9.17) is 9.47 Å². The van der Waals surface area contributed by atoms with Gasteiger partial charge in [-0.05, 0) is 126 Å². The van der Waals surface area contributed by atoms with E-state index in [1.54, 1.807) is 20.8 Å². The van der Waals surface area contributed by atoms with Gasteiger partial charge < -0.3 is 14.6 Å². The van der Waals surface area contributed by atoms with Crippen LogP contribution in [0.1, 0.15) is 161 Å². The maximum absolute atomic E-state index is 14.0. The first kappa shape index (κ1) is 65.6. The van der Waals surface area contributed by atoms with Gasteiger partial charge in [-0.1, -0.05) is 68.7 Å². The van der Waals surface area contributed by atoms with Crippen molar-refractivity contribution in [2.45, 2.75) is 177 Å². The summed E-state index contributed by atoms with van der Waals surface area (Å²) >= 11 is 0. The molecule has 16 nitrogen and oxygen atoms in total. The Bertz CT molecular complexity index is 2180. The van der Waals surface area contributed by atoms with Crippen LogP contribution in [0.25, 0.3) is 0 Å². The number of esters is 2. The monoisotopic (exact) mass is 1090 g/mol. The number of aliphatic hydroxyl groups is 1. The molecule has 4 bridgehead atoms. The van der Waals surface area contributed by atoms with E-state index >= 15 is 0 Å². The van der Waals surface area contributed by atoms with Crippen molar-refractivity contribution in [1.29, 1.82) is 0 Å². The number of ketones is 3. The summed E-state index contributed by atoms with van der Waals surface area (Å²) in [5.41, 5.74) is -7.85. The number of hydrogen-bond acceptors (Lipinski definition) is 14. The number of carbonyl (C=O) groups is 7. The van der Waals surface area contributed by atoms with Gasteiger partial charge in [0.25, 0.3) is 0 Å². The van der Waals surface area contributed by atoms with E-state index < -0.39 is 60.0 Å². The van der Waals surface area contributed by atoms with Crippen LogP contribution in [0.3, 0.4) is 0 Å². The lowest BCUT2D eigenvalue weighted by molar-refractivity contribution is -0.159. The third-order valence-corrected chi connectivity index (χ3v) is 18.6. The van der Waals surface area contributed by atoms with Gasteiger partial charge in [0.2, 0.25) is 21.8 Å². The zero-order chi connectivity index (χ0) is 56.6. The molecule has 0 aliphatic heterocycles. The van der Waals surface area contributed by atoms with Crippen LogP contribution < -0.4 is 9.44 Å². The van der Waals surface area contributed by atoms with Crippen molar-refractivity contribution in [2.24, 2.45) is 82.3 Å². The van der Waals surface area contributed by atoms with E-state index in [1.807, 2.05) is 41.5 Å². The summed E-state index contributed by atoms with van der Waals surface area (Å²) in [7, 11) is -8.99. The number of Topliss-reactive ketones (excluding diaryl/α,β-unsaturated/α-hetero) is 3. The van der Waals surface area contributed by atoms with Crippen molar-refractivity contribution in [3.05, 3.63) is 0 Å². The molecule has 6 fully saturated rings. The number of sulfonamides is 2. The average Bonchev–Trinajstić information content (AvgIpc) is 4.11. The molecule has 22 heteroatoms. The predicted octanol–water partition coefficient (Wildman–Crippen LogP) is 7.84. The third-order valence-electron chi connectivity index (χ3n) is 17.0. The first-order valence-electron chi connectivity index (χ1n) is 25.6. The molecule has 6 aliphatic rings. The number of alkyl halides is 4. The molecule has 0 saturated heterocycles. The van der Waals surface area contributed by atoms with Crippen molar-refractivity contribution >= 4 is 61.1 Å². The Morgan fingerprint density at radius 3 is 1.49 bits per heavy atom. The van der Waals surface area contributed by atoms with Gasteiger partial charge in [-0.2, -0.15) is 21.6 Å². The first-order valence-corrected chi connectivity index (χ1v) is 29.0. The summed E-state index contributed by atoms with van der Waals surface area (Å²) in [5.74, 6) is 0.191. The van der Waals surface area contributed by atoms with E-state index in [0.717, 1.165) is 31.9 Å². The number of carbonyl (C=O) groups excluding carboxylic acids is 7. The topological polar surface area (TPSA) is 251 Å². The molecule has 0 aromatic rings. The molecule has 6 saturated carbocycles. The second-order valence-corrected chi connectivity index (χ2v) is 26.0. The molecule has 0 radical (unpaired) electrons. The highest BCUT2D eigenvalue weighted by atomic mass is 32.2. The van der Waals surface area contributed by atoms with Gasteiger partial charge in [-0.3, -0.25) is 38.3 Å². The lowest BCUT2D eigenvalue weighted by Crippen LogP contribution is -2.45. The molecule has 15 atom stereocenters. The van der Waals surface area contributed by atoms with Crippen LogP contribution in [0.15, 0.2) is 0 Å². The Kier molecular flexibility index (Phi) is 23.4. The fourth-order valence-corrected chi connectivity index (χ4v) is 12.5. The van der Waals surface area contributed by atoms with E-state index in [1.165, 1.54) is 11.6 Å². The fraction of sp³-hybridized carbons (Fsp3) is 0.863. The van der Waals surface area contributed by atoms with Crippen LogP contribution >= 0.6 is 0 Å². The fourth-order valence-electron chi connectivity index (χ4n) is 11.4.